The molecule has 0 amide bonds. The van der Waals surface area contributed by atoms with Gasteiger partial charge in [-0.25, -0.2) is 8.42 Å². The second-order valence-electron chi connectivity index (χ2n) is 5.65. The summed E-state index contributed by atoms with van der Waals surface area (Å²) in [6.45, 7) is 4.25. The molecule has 1 N–H and O–H groups in total. The molecule has 0 unspecified atom stereocenters. The van der Waals surface area contributed by atoms with Crippen LogP contribution < -0.4 is 10.1 Å². The van der Waals surface area contributed by atoms with Gasteiger partial charge in [0.1, 0.15) is 5.75 Å². The van der Waals surface area contributed by atoms with E-state index in [1.807, 2.05) is 26.0 Å². The topological polar surface area (TPSA) is 81.4 Å². The van der Waals surface area contributed by atoms with Crippen molar-refractivity contribution in [2.24, 2.45) is 0 Å². The maximum atomic E-state index is 13.0. The Labute approximate surface area is 152 Å². The van der Waals surface area contributed by atoms with Crippen molar-refractivity contribution in [1.82, 2.24) is 4.98 Å². The van der Waals surface area contributed by atoms with E-state index >= 15 is 0 Å². The van der Waals surface area contributed by atoms with Crippen LogP contribution in [0.25, 0.3) is 11.5 Å². The van der Waals surface area contributed by atoms with E-state index in [4.69, 9.17) is 9.15 Å². The predicted molar refractivity (Wildman–Crippen MR) is 99.3 cm³/mol. The highest BCUT2D eigenvalue weighted by Crippen LogP contribution is 2.35. The van der Waals surface area contributed by atoms with E-state index < -0.39 is 9.84 Å². The van der Waals surface area contributed by atoms with E-state index in [1.165, 1.54) is 0 Å². The largest absolute Gasteiger partial charge is 0.493 e. The maximum absolute atomic E-state index is 13.0. The van der Waals surface area contributed by atoms with Crippen LogP contribution in [0.5, 0.6) is 5.75 Å². The molecule has 2 aromatic carbocycles. The molecule has 0 saturated heterocycles. The zero-order valence-corrected chi connectivity index (χ0v) is 15.6. The minimum Gasteiger partial charge on any atom is -0.493 e. The molecule has 3 aromatic rings. The number of rotatable bonds is 6. The monoisotopic (exact) mass is 372 g/mol. The van der Waals surface area contributed by atoms with Gasteiger partial charge in [0.2, 0.25) is 26.6 Å². The fraction of sp³-hybridized carbons (Fsp3) is 0.211. The van der Waals surface area contributed by atoms with Gasteiger partial charge < -0.3 is 14.5 Å². The number of hydrogen-bond acceptors (Lipinski definition) is 6. The predicted octanol–water partition coefficient (Wildman–Crippen LogP) is 3.92. The zero-order chi connectivity index (χ0) is 18.7. The number of para-hydroxylation sites is 1. The van der Waals surface area contributed by atoms with Gasteiger partial charge in [0, 0.05) is 7.05 Å². The van der Waals surface area contributed by atoms with Gasteiger partial charge in [-0.15, -0.1) is 0 Å². The van der Waals surface area contributed by atoms with Crippen molar-refractivity contribution in [3.63, 3.8) is 0 Å². The fourth-order valence-corrected chi connectivity index (χ4v) is 3.82. The molecule has 6 nitrogen and oxygen atoms in total. The van der Waals surface area contributed by atoms with Crippen LogP contribution in [-0.2, 0) is 9.84 Å². The van der Waals surface area contributed by atoms with Crippen molar-refractivity contribution in [3.8, 4) is 17.2 Å². The van der Waals surface area contributed by atoms with Gasteiger partial charge in [0.15, 0.2) is 0 Å². The molecular weight excluding hydrogens is 352 g/mol. The molecule has 0 aliphatic heterocycles. The first-order chi connectivity index (χ1) is 12.5. The zero-order valence-electron chi connectivity index (χ0n) is 14.8. The lowest BCUT2D eigenvalue weighted by Gasteiger charge is -2.06. The van der Waals surface area contributed by atoms with Crippen molar-refractivity contribution in [1.29, 1.82) is 0 Å². The highest BCUT2D eigenvalue weighted by atomic mass is 32.2. The van der Waals surface area contributed by atoms with Crippen molar-refractivity contribution < 1.29 is 17.6 Å². The van der Waals surface area contributed by atoms with E-state index in [2.05, 4.69) is 10.3 Å². The number of hydrogen-bond donors (Lipinski definition) is 1. The molecule has 0 saturated carbocycles. The summed E-state index contributed by atoms with van der Waals surface area (Å²) in [4.78, 5) is 4.43. The second-order valence-corrected chi connectivity index (χ2v) is 7.51. The molecule has 0 aliphatic rings. The Bertz CT molecular complexity index is 1010. The van der Waals surface area contributed by atoms with Crippen LogP contribution in [0.4, 0.5) is 5.88 Å². The third kappa shape index (κ3) is 3.30. The van der Waals surface area contributed by atoms with Gasteiger partial charge in [-0.3, -0.25) is 0 Å². The second kappa shape index (κ2) is 7.21. The lowest BCUT2D eigenvalue weighted by atomic mass is 10.2. The standard InChI is InChI=1S/C19H20N2O4S/c1-4-24-16-8-6-5-7-15(16)17-21-19(18(20-3)25-17)26(22,23)14-11-9-13(2)10-12-14/h5-12,20H,4H2,1-3H3. The van der Waals surface area contributed by atoms with Gasteiger partial charge in [-0.1, -0.05) is 29.8 Å². The number of aryl methyl sites for hydroxylation is 1. The number of ether oxygens (including phenoxy) is 1. The summed E-state index contributed by atoms with van der Waals surface area (Å²) in [6.07, 6.45) is 0. The molecule has 1 aromatic heterocycles. The normalized spacial score (nSPS) is 11.3. The maximum Gasteiger partial charge on any atom is 0.233 e. The minimum absolute atomic E-state index is 0.0897. The van der Waals surface area contributed by atoms with Gasteiger partial charge in [0.25, 0.3) is 0 Å². The van der Waals surface area contributed by atoms with Crippen LogP contribution in [-0.4, -0.2) is 27.1 Å². The summed E-state index contributed by atoms with van der Waals surface area (Å²) >= 11 is 0. The Balaban J connectivity index is 2.12. The van der Waals surface area contributed by atoms with E-state index in [0.717, 1.165) is 5.56 Å². The first-order valence-corrected chi connectivity index (χ1v) is 9.68. The summed E-state index contributed by atoms with van der Waals surface area (Å²) in [5, 5.41) is 2.63. The summed E-state index contributed by atoms with van der Waals surface area (Å²) in [7, 11) is -2.23. The number of benzene rings is 2. The Morgan fingerprint density at radius 3 is 2.46 bits per heavy atom. The van der Waals surface area contributed by atoms with E-state index in [1.54, 1.807) is 43.4 Å². The highest BCUT2D eigenvalue weighted by molar-refractivity contribution is 7.91. The first-order valence-electron chi connectivity index (χ1n) is 8.20. The van der Waals surface area contributed by atoms with Crippen molar-refractivity contribution in [2.45, 2.75) is 23.8 Å². The van der Waals surface area contributed by atoms with Crippen molar-refractivity contribution in [2.75, 3.05) is 19.0 Å². The summed E-state index contributed by atoms with van der Waals surface area (Å²) in [6, 6.07) is 13.8. The van der Waals surface area contributed by atoms with Gasteiger partial charge in [0.05, 0.1) is 17.1 Å². The highest BCUT2D eigenvalue weighted by Gasteiger charge is 2.28. The van der Waals surface area contributed by atoms with E-state index in [-0.39, 0.29) is 21.7 Å². The smallest absolute Gasteiger partial charge is 0.233 e. The molecule has 0 bridgehead atoms. The quantitative estimate of drug-likeness (QED) is 0.706. The van der Waals surface area contributed by atoms with E-state index in [0.29, 0.717) is 17.9 Å². The van der Waals surface area contributed by atoms with Crippen LogP contribution in [0.1, 0.15) is 12.5 Å². The number of sulfone groups is 1. The Morgan fingerprint density at radius 2 is 1.81 bits per heavy atom. The average molecular weight is 372 g/mol. The third-order valence-electron chi connectivity index (χ3n) is 3.83. The average Bonchev–Trinajstić information content (AvgIpc) is 3.08. The van der Waals surface area contributed by atoms with Crippen LogP contribution in [0, 0.1) is 6.92 Å². The summed E-state index contributed by atoms with van der Waals surface area (Å²) < 4.78 is 37.2. The Hall–Kier alpha value is -2.80. The Morgan fingerprint density at radius 1 is 1.12 bits per heavy atom. The Kier molecular flexibility index (Phi) is 4.99. The first kappa shape index (κ1) is 18.0. The van der Waals surface area contributed by atoms with Crippen molar-refractivity contribution >= 4 is 15.7 Å². The van der Waals surface area contributed by atoms with Crippen molar-refractivity contribution in [3.05, 3.63) is 54.1 Å². The molecule has 0 aliphatic carbocycles. The fourth-order valence-electron chi connectivity index (χ4n) is 2.52. The van der Waals surface area contributed by atoms with Crippen LogP contribution >= 0.6 is 0 Å². The molecule has 26 heavy (non-hydrogen) atoms. The SMILES string of the molecule is CCOc1ccccc1-c1nc(S(=O)(=O)c2ccc(C)cc2)c(NC)o1. The van der Waals surface area contributed by atoms with Gasteiger partial charge in [-0.05, 0) is 38.1 Å². The molecular formula is C19H20N2O4S. The van der Waals surface area contributed by atoms with Crippen LogP contribution in [0.3, 0.4) is 0 Å². The molecule has 136 valence electrons. The molecule has 0 atom stereocenters. The molecule has 0 radical (unpaired) electrons. The number of nitrogens with one attached hydrogen (secondary N) is 1. The lowest BCUT2D eigenvalue weighted by Crippen LogP contribution is -2.05. The van der Waals surface area contributed by atoms with Crippen LogP contribution in [0.15, 0.2) is 62.9 Å². The summed E-state index contributed by atoms with van der Waals surface area (Å²) in [5.74, 6) is 0.856. The molecule has 3 rings (SSSR count). The lowest BCUT2D eigenvalue weighted by molar-refractivity contribution is 0.340. The number of aromatic nitrogens is 1. The van der Waals surface area contributed by atoms with E-state index in [9.17, 15) is 8.42 Å². The molecule has 0 spiro atoms. The summed E-state index contributed by atoms with van der Waals surface area (Å²) in [5.41, 5.74) is 1.57. The van der Waals surface area contributed by atoms with Gasteiger partial charge in [-0.2, -0.15) is 4.98 Å². The number of oxazole rings is 1. The molecule has 7 heteroatoms. The molecule has 1 heterocycles. The third-order valence-corrected chi connectivity index (χ3v) is 5.50. The molecule has 0 fully saturated rings. The van der Waals surface area contributed by atoms with Gasteiger partial charge >= 0.3 is 0 Å². The number of nitrogens with zero attached hydrogens (tertiary/aromatic N) is 1. The number of anilines is 1. The van der Waals surface area contributed by atoms with Crippen LogP contribution in [0.2, 0.25) is 0 Å². The minimum atomic E-state index is -3.82.